The number of halogens is 4. The molecule has 2 aliphatic rings. The predicted octanol–water partition coefficient (Wildman–Crippen LogP) is 8.34. The van der Waals surface area contributed by atoms with E-state index in [0.717, 1.165) is 82.9 Å². The van der Waals surface area contributed by atoms with Crippen LogP contribution in [0.1, 0.15) is 74.9 Å². The normalized spacial score (nSPS) is 16.0. The van der Waals surface area contributed by atoms with Crippen molar-refractivity contribution in [3.05, 3.63) is 92.1 Å². The first kappa shape index (κ1) is 50.6. The molecule has 5 N–H and O–H groups in total. The SMILES string of the molecule is CCOc1cc(N2CCC(NCCNCCc3cc4oc(=O)n(C5CCC(=O)NC5=O)c4cc3C(F)(F)F)CC2)c(CC)cc1Nc1ncc(Br)c(Nc2ccc3nc(CC)ccc3c2P(C)(C)=O)n1. The second-order valence-electron chi connectivity index (χ2n) is 17.8. The van der Waals surface area contributed by atoms with Gasteiger partial charge in [0.1, 0.15) is 24.8 Å². The maximum absolute atomic E-state index is 14.3. The summed E-state index contributed by atoms with van der Waals surface area (Å²) in [6, 6.07) is 13.1. The standard InChI is InChI=1S/C49H57BrF3N10O6P/c1-6-28-23-37(59-47-56-27-34(50)45(61-47)58-36-12-11-35-32(44(36)70(4,5)67)10-9-30(7-2)57-35)41(68-8-3)26-39(28)62-21-16-31(17-22-62)55-20-19-54-18-15-29-24-42-40(25-33(29)49(51,52)53)63(48(66)69-42)38-13-14-43(64)60-46(38)65/h9-12,23-27,31,38,54-55H,6-8,13-22H2,1-5H3,(H,60,64,65)(H2,56,58,59,61). The average Bonchev–Trinajstić information content (AvgIpc) is 3.64. The summed E-state index contributed by atoms with van der Waals surface area (Å²) < 4.78 is 69.7. The lowest BCUT2D eigenvalue weighted by Crippen LogP contribution is -2.44. The molecule has 372 valence electrons. The van der Waals surface area contributed by atoms with Gasteiger partial charge in [-0.2, -0.15) is 18.2 Å². The summed E-state index contributed by atoms with van der Waals surface area (Å²) in [5, 5.41) is 17.3. The minimum absolute atomic E-state index is 0.0215. The highest BCUT2D eigenvalue weighted by atomic mass is 79.9. The number of hydrogen-bond acceptors (Lipinski definition) is 14. The van der Waals surface area contributed by atoms with E-state index in [2.05, 4.69) is 78.4 Å². The van der Waals surface area contributed by atoms with Gasteiger partial charge in [0, 0.05) is 73.0 Å². The number of rotatable bonds is 18. The number of carbonyl (C=O) groups is 2. The van der Waals surface area contributed by atoms with Crippen molar-refractivity contribution >= 4 is 91.0 Å². The van der Waals surface area contributed by atoms with Gasteiger partial charge in [-0.25, -0.2) is 9.78 Å². The van der Waals surface area contributed by atoms with E-state index in [-0.39, 0.29) is 48.5 Å². The molecule has 0 spiro atoms. The molecule has 70 heavy (non-hydrogen) atoms. The highest BCUT2D eigenvalue weighted by Gasteiger charge is 2.37. The van der Waals surface area contributed by atoms with Crippen molar-refractivity contribution in [2.45, 2.75) is 84.0 Å². The van der Waals surface area contributed by atoms with E-state index < -0.39 is 42.5 Å². The van der Waals surface area contributed by atoms with Gasteiger partial charge in [-0.1, -0.05) is 19.9 Å². The zero-order valence-corrected chi connectivity index (χ0v) is 42.2. The smallest absolute Gasteiger partial charge is 0.420 e. The molecule has 3 aromatic carbocycles. The Kier molecular flexibility index (Phi) is 15.4. The van der Waals surface area contributed by atoms with Gasteiger partial charge < -0.3 is 39.9 Å². The van der Waals surface area contributed by atoms with Crippen molar-refractivity contribution in [1.29, 1.82) is 0 Å². The molecule has 2 amide bonds. The Hall–Kier alpha value is -5.82. The molecule has 2 saturated heterocycles. The Labute approximate surface area is 411 Å². The van der Waals surface area contributed by atoms with E-state index in [9.17, 15) is 32.1 Å². The number of aromatic nitrogens is 4. The van der Waals surface area contributed by atoms with Gasteiger partial charge in [-0.15, -0.1) is 0 Å². The van der Waals surface area contributed by atoms with Crippen molar-refractivity contribution in [3.63, 3.8) is 0 Å². The Balaban J connectivity index is 0.872. The summed E-state index contributed by atoms with van der Waals surface area (Å²) in [6.07, 6.45) is 0.238. The van der Waals surface area contributed by atoms with Crippen LogP contribution in [-0.4, -0.2) is 90.0 Å². The molecule has 0 saturated carbocycles. The van der Waals surface area contributed by atoms with Crippen LogP contribution in [0.5, 0.6) is 5.75 Å². The lowest BCUT2D eigenvalue weighted by atomic mass is 10.0. The number of pyridine rings is 1. The maximum Gasteiger partial charge on any atom is 0.420 e. The quantitative estimate of drug-likeness (QED) is 0.0313. The van der Waals surface area contributed by atoms with E-state index in [1.807, 2.05) is 31.2 Å². The summed E-state index contributed by atoms with van der Waals surface area (Å²) in [5.41, 5.74) is 4.22. The number of amides is 2. The first-order valence-electron chi connectivity index (χ1n) is 23.6. The molecule has 8 rings (SSSR count). The van der Waals surface area contributed by atoms with Gasteiger partial charge in [0.2, 0.25) is 17.8 Å². The largest absolute Gasteiger partial charge is 0.492 e. The van der Waals surface area contributed by atoms with Crippen LogP contribution in [0, 0.1) is 0 Å². The Bertz CT molecular complexity index is 3040. The molecule has 6 aromatic rings. The number of aryl methyl sites for hydroxylation is 2. The van der Waals surface area contributed by atoms with E-state index in [1.54, 1.807) is 19.5 Å². The summed E-state index contributed by atoms with van der Waals surface area (Å²) in [5.74, 6) is -0.726. The Morgan fingerprint density at radius 2 is 1.70 bits per heavy atom. The summed E-state index contributed by atoms with van der Waals surface area (Å²) in [7, 11) is -2.77. The third kappa shape index (κ3) is 11.2. The number of nitrogens with one attached hydrogen (secondary N) is 5. The molecular weight excluding hydrogens is 992 g/mol. The molecule has 1 unspecified atom stereocenters. The molecular formula is C49H57BrF3N10O6P. The highest BCUT2D eigenvalue weighted by Crippen LogP contribution is 2.43. The maximum atomic E-state index is 14.3. The molecule has 3 aromatic heterocycles. The predicted molar refractivity (Wildman–Crippen MR) is 270 cm³/mol. The average molecular weight is 1050 g/mol. The highest BCUT2D eigenvalue weighted by molar-refractivity contribution is 9.10. The summed E-state index contributed by atoms with van der Waals surface area (Å²) >= 11 is 3.61. The molecule has 21 heteroatoms. The number of alkyl halides is 3. The second kappa shape index (κ2) is 21.3. The number of carbonyl (C=O) groups excluding carboxylic acids is 2. The fourth-order valence-corrected chi connectivity index (χ4v) is 11.1. The minimum atomic E-state index is -4.72. The summed E-state index contributed by atoms with van der Waals surface area (Å²) in [6.45, 7) is 13.1. The third-order valence-corrected chi connectivity index (χ3v) is 14.9. The van der Waals surface area contributed by atoms with Crippen molar-refractivity contribution < 1.29 is 36.5 Å². The lowest BCUT2D eigenvalue weighted by Gasteiger charge is -2.35. The number of oxazole rings is 1. The fourth-order valence-electron chi connectivity index (χ4n) is 9.29. The van der Waals surface area contributed by atoms with Gasteiger partial charge in [0.25, 0.3) is 0 Å². The molecule has 0 aliphatic carbocycles. The first-order chi connectivity index (χ1) is 33.4. The van der Waals surface area contributed by atoms with E-state index in [1.165, 1.54) is 6.07 Å². The Morgan fingerprint density at radius 1 is 0.914 bits per heavy atom. The van der Waals surface area contributed by atoms with E-state index in [4.69, 9.17) is 19.1 Å². The molecule has 2 aliphatic heterocycles. The third-order valence-electron chi connectivity index (χ3n) is 12.7. The van der Waals surface area contributed by atoms with Gasteiger partial charge in [-0.05, 0) is 129 Å². The van der Waals surface area contributed by atoms with Crippen LogP contribution in [0.3, 0.4) is 0 Å². The molecule has 1 atom stereocenters. The van der Waals surface area contributed by atoms with Gasteiger partial charge in [-0.3, -0.25) is 24.5 Å². The monoisotopic (exact) mass is 1050 g/mol. The number of nitrogens with zero attached hydrogens (tertiary/aromatic N) is 5. The molecule has 16 nitrogen and oxygen atoms in total. The van der Waals surface area contributed by atoms with E-state index >= 15 is 0 Å². The lowest BCUT2D eigenvalue weighted by molar-refractivity contribution is -0.138. The van der Waals surface area contributed by atoms with Crippen molar-refractivity contribution in [2.24, 2.45) is 0 Å². The number of ether oxygens (including phenoxy) is 1. The second-order valence-corrected chi connectivity index (χ2v) is 21.8. The number of hydrogen-bond donors (Lipinski definition) is 5. The topological polar surface area (TPSA) is 198 Å². The Morgan fingerprint density at radius 3 is 2.40 bits per heavy atom. The number of fused-ring (bicyclic) bond motifs is 2. The fraction of sp³-hybridized carbons (Fsp3) is 0.429. The zero-order valence-electron chi connectivity index (χ0n) is 39.7. The first-order valence-corrected chi connectivity index (χ1v) is 27.0. The molecule has 5 heterocycles. The minimum Gasteiger partial charge on any atom is -0.492 e. The number of imide groups is 1. The number of piperidine rings is 2. The van der Waals surface area contributed by atoms with Crippen LogP contribution < -0.4 is 47.3 Å². The zero-order chi connectivity index (χ0) is 49.9. The van der Waals surface area contributed by atoms with Gasteiger partial charge in [0.15, 0.2) is 5.58 Å². The van der Waals surface area contributed by atoms with Crippen LogP contribution in [0.25, 0.3) is 22.0 Å². The van der Waals surface area contributed by atoms with Crippen molar-refractivity contribution in [1.82, 2.24) is 35.5 Å². The molecule has 0 bridgehead atoms. The summed E-state index contributed by atoms with van der Waals surface area (Å²) in [4.78, 5) is 53.4. The number of anilines is 5. The van der Waals surface area contributed by atoms with E-state index in [0.29, 0.717) is 52.7 Å². The molecule has 0 radical (unpaired) electrons. The van der Waals surface area contributed by atoms with Crippen molar-refractivity contribution in [3.8, 4) is 5.75 Å². The van der Waals surface area contributed by atoms with Crippen LogP contribution in [-0.2, 0) is 39.6 Å². The van der Waals surface area contributed by atoms with Gasteiger partial charge in [0.05, 0.1) is 39.1 Å². The van der Waals surface area contributed by atoms with Crippen LogP contribution in [0.4, 0.5) is 42.0 Å². The van der Waals surface area contributed by atoms with Crippen LogP contribution >= 0.6 is 23.1 Å². The van der Waals surface area contributed by atoms with Gasteiger partial charge >= 0.3 is 11.9 Å². The number of benzene rings is 3. The van der Waals surface area contributed by atoms with Crippen LogP contribution in [0.2, 0.25) is 0 Å². The molecule has 2 fully saturated rings. The van der Waals surface area contributed by atoms with Crippen LogP contribution in [0.15, 0.2) is 68.4 Å². The van der Waals surface area contributed by atoms with Crippen molar-refractivity contribution in [2.75, 3.05) is 68.2 Å².